The van der Waals surface area contributed by atoms with Gasteiger partial charge in [0.25, 0.3) is 0 Å². The van der Waals surface area contributed by atoms with E-state index < -0.39 is 0 Å². The summed E-state index contributed by atoms with van der Waals surface area (Å²) in [6.07, 6.45) is 0. The van der Waals surface area contributed by atoms with E-state index in [1.54, 1.807) is 12.1 Å². The number of esters is 1. The molecule has 0 unspecified atom stereocenters. The lowest BCUT2D eigenvalue weighted by Gasteiger charge is -2.05. The minimum atomic E-state index is -0.330. The van der Waals surface area contributed by atoms with Crippen LogP contribution in [0.25, 0.3) is 11.1 Å². The van der Waals surface area contributed by atoms with Crippen LogP contribution in [0.3, 0.4) is 0 Å². The van der Waals surface area contributed by atoms with Gasteiger partial charge in [0.2, 0.25) is 0 Å². The first-order valence-electron chi connectivity index (χ1n) is 5.56. The first-order valence-corrected chi connectivity index (χ1v) is 5.94. The highest BCUT2D eigenvalue weighted by Gasteiger charge is 2.06. The molecule has 0 aliphatic heterocycles. The standard InChI is InChI=1S/C15H13ClO2/c1-10-3-4-13(9-14(10)16)11-5-7-12(8-6-11)15(17)18-2/h3-9H,1-2H3. The highest BCUT2D eigenvalue weighted by Crippen LogP contribution is 2.25. The van der Waals surface area contributed by atoms with E-state index in [1.807, 2.05) is 37.3 Å². The van der Waals surface area contributed by atoms with E-state index >= 15 is 0 Å². The Bertz CT molecular complexity index is 574. The van der Waals surface area contributed by atoms with E-state index in [9.17, 15) is 4.79 Å². The monoisotopic (exact) mass is 260 g/mol. The van der Waals surface area contributed by atoms with Crippen molar-refractivity contribution in [3.8, 4) is 11.1 Å². The van der Waals surface area contributed by atoms with Crippen molar-refractivity contribution in [2.24, 2.45) is 0 Å². The van der Waals surface area contributed by atoms with E-state index in [0.717, 1.165) is 21.7 Å². The molecule has 0 bridgehead atoms. The Labute approximate surface area is 111 Å². The molecule has 0 saturated heterocycles. The SMILES string of the molecule is COC(=O)c1ccc(-c2ccc(C)c(Cl)c2)cc1. The number of benzene rings is 2. The minimum Gasteiger partial charge on any atom is -0.465 e. The van der Waals surface area contributed by atoms with Crippen LogP contribution in [0.15, 0.2) is 42.5 Å². The maximum Gasteiger partial charge on any atom is 0.337 e. The molecule has 0 aliphatic rings. The molecular weight excluding hydrogens is 248 g/mol. The lowest BCUT2D eigenvalue weighted by Crippen LogP contribution is -2.00. The smallest absolute Gasteiger partial charge is 0.337 e. The van der Waals surface area contributed by atoms with Gasteiger partial charge in [-0.3, -0.25) is 0 Å². The Hall–Kier alpha value is -1.80. The third kappa shape index (κ3) is 2.54. The first kappa shape index (κ1) is 12.7. The maximum atomic E-state index is 11.3. The third-order valence-corrected chi connectivity index (χ3v) is 3.22. The Kier molecular flexibility index (Phi) is 3.68. The summed E-state index contributed by atoms with van der Waals surface area (Å²) in [4.78, 5) is 11.3. The summed E-state index contributed by atoms with van der Waals surface area (Å²) in [5, 5.41) is 0.740. The van der Waals surface area contributed by atoms with Crippen LogP contribution in [0.5, 0.6) is 0 Å². The van der Waals surface area contributed by atoms with Gasteiger partial charge in [0.1, 0.15) is 0 Å². The second kappa shape index (κ2) is 5.23. The van der Waals surface area contributed by atoms with Crippen molar-refractivity contribution in [1.82, 2.24) is 0 Å². The number of carbonyl (C=O) groups is 1. The fraction of sp³-hybridized carbons (Fsp3) is 0.133. The molecule has 0 aliphatic carbocycles. The quantitative estimate of drug-likeness (QED) is 0.760. The predicted octanol–water partition coefficient (Wildman–Crippen LogP) is 4.10. The van der Waals surface area contributed by atoms with Crippen molar-refractivity contribution >= 4 is 17.6 Å². The lowest BCUT2D eigenvalue weighted by molar-refractivity contribution is 0.0601. The molecule has 0 N–H and O–H groups in total. The van der Waals surface area contributed by atoms with Crippen molar-refractivity contribution in [2.75, 3.05) is 7.11 Å². The van der Waals surface area contributed by atoms with Crippen LogP contribution in [0.1, 0.15) is 15.9 Å². The number of ether oxygens (including phenoxy) is 1. The zero-order valence-corrected chi connectivity index (χ0v) is 11.0. The van der Waals surface area contributed by atoms with Gasteiger partial charge in [-0.15, -0.1) is 0 Å². The van der Waals surface area contributed by atoms with Crippen molar-refractivity contribution < 1.29 is 9.53 Å². The molecule has 0 heterocycles. The molecule has 2 aromatic carbocycles. The number of halogens is 1. The van der Waals surface area contributed by atoms with Crippen LogP contribution in [0, 0.1) is 6.92 Å². The van der Waals surface area contributed by atoms with Gasteiger partial charge in [0, 0.05) is 5.02 Å². The third-order valence-electron chi connectivity index (χ3n) is 2.81. The Morgan fingerprint density at radius 2 is 1.67 bits per heavy atom. The van der Waals surface area contributed by atoms with Crippen molar-refractivity contribution in [3.63, 3.8) is 0 Å². The van der Waals surface area contributed by atoms with Gasteiger partial charge >= 0.3 is 5.97 Å². The van der Waals surface area contributed by atoms with E-state index in [-0.39, 0.29) is 5.97 Å². The zero-order chi connectivity index (χ0) is 13.1. The molecule has 2 rings (SSSR count). The lowest BCUT2D eigenvalue weighted by atomic mass is 10.0. The second-order valence-electron chi connectivity index (χ2n) is 4.03. The average molecular weight is 261 g/mol. The molecule has 2 aromatic rings. The second-order valence-corrected chi connectivity index (χ2v) is 4.44. The van der Waals surface area contributed by atoms with Gasteiger partial charge in [-0.25, -0.2) is 4.79 Å². The Morgan fingerprint density at radius 1 is 1.06 bits per heavy atom. The summed E-state index contributed by atoms with van der Waals surface area (Å²) in [7, 11) is 1.37. The van der Waals surface area contributed by atoms with Crippen LogP contribution in [0.4, 0.5) is 0 Å². The molecule has 18 heavy (non-hydrogen) atoms. The molecule has 3 heteroatoms. The van der Waals surface area contributed by atoms with E-state index in [4.69, 9.17) is 11.6 Å². The van der Waals surface area contributed by atoms with Crippen molar-refractivity contribution in [3.05, 3.63) is 58.6 Å². The van der Waals surface area contributed by atoms with E-state index in [1.165, 1.54) is 7.11 Å². The predicted molar refractivity (Wildman–Crippen MR) is 73.0 cm³/mol. The zero-order valence-electron chi connectivity index (χ0n) is 10.2. The number of hydrogen-bond donors (Lipinski definition) is 0. The van der Waals surface area contributed by atoms with E-state index in [2.05, 4.69) is 4.74 Å². The van der Waals surface area contributed by atoms with Crippen molar-refractivity contribution in [2.45, 2.75) is 6.92 Å². The molecule has 0 fully saturated rings. The topological polar surface area (TPSA) is 26.3 Å². The molecule has 0 spiro atoms. The molecule has 0 atom stereocenters. The van der Waals surface area contributed by atoms with Gasteiger partial charge < -0.3 is 4.74 Å². The average Bonchev–Trinajstić information content (AvgIpc) is 2.41. The fourth-order valence-electron chi connectivity index (χ4n) is 1.69. The molecular formula is C15H13ClO2. The minimum absolute atomic E-state index is 0.330. The number of methoxy groups -OCH3 is 1. The van der Waals surface area contributed by atoms with Gasteiger partial charge in [-0.2, -0.15) is 0 Å². The van der Waals surface area contributed by atoms with Crippen LogP contribution in [-0.2, 0) is 4.74 Å². The van der Waals surface area contributed by atoms with Gasteiger partial charge in [0.15, 0.2) is 0 Å². The number of rotatable bonds is 2. The summed E-state index contributed by atoms with van der Waals surface area (Å²) in [6, 6.07) is 13.2. The number of aryl methyl sites for hydroxylation is 1. The molecule has 0 radical (unpaired) electrons. The van der Waals surface area contributed by atoms with Crippen LogP contribution >= 0.6 is 11.6 Å². The van der Waals surface area contributed by atoms with Crippen LogP contribution in [-0.4, -0.2) is 13.1 Å². The molecule has 0 amide bonds. The molecule has 2 nitrogen and oxygen atoms in total. The Morgan fingerprint density at radius 3 is 2.22 bits per heavy atom. The fourth-order valence-corrected chi connectivity index (χ4v) is 1.87. The summed E-state index contributed by atoms with van der Waals surface area (Å²) < 4.78 is 4.66. The van der Waals surface area contributed by atoms with Gasteiger partial charge in [0.05, 0.1) is 12.7 Å². The van der Waals surface area contributed by atoms with E-state index in [0.29, 0.717) is 5.56 Å². The van der Waals surface area contributed by atoms with Gasteiger partial charge in [-0.1, -0.05) is 35.9 Å². The summed E-state index contributed by atoms with van der Waals surface area (Å²) in [6.45, 7) is 1.96. The normalized spacial score (nSPS) is 10.2. The summed E-state index contributed by atoms with van der Waals surface area (Å²) in [5.74, 6) is -0.330. The van der Waals surface area contributed by atoms with Crippen LogP contribution < -0.4 is 0 Å². The molecule has 0 saturated carbocycles. The number of hydrogen-bond acceptors (Lipinski definition) is 2. The maximum absolute atomic E-state index is 11.3. The molecule has 92 valence electrons. The summed E-state index contributed by atoms with van der Waals surface area (Å²) >= 11 is 6.09. The Balaban J connectivity index is 2.34. The van der Waals surface area contributed by atoms with Crippen LogP contribution in [0.2, 0.25) is 5.02 Å². The molecule has 0 aromatic heterocycles. The largest absolute Gasteiger partial charge is 0.465 e. The number of carbonyl (C=O) groups excluding carboxylic acids is 1. The highest BCUT2D eigenvalue weighted by molar-refractivity contribution is 6.31. The van der Waals surface area contributed by atoms with Crippen molar-refractivity contribution in [1.29, 1.82) is 0 Å². The van der Waals surface area contributed by atoms with Gasteiger partial charge in [-0.05, 0) is 41.8 Å². The highest BCUT2D eigenvalue weighted by atomic mass is 35.5. The summed E-state index contributed by atoms with van der Waals surface area (Å²) in [5.41, 5.74) is 3.64. The first-order chi connectivity index (χ1) is 8.61.